The Morgan fingerprint density at radius 3 is 2.87 bits per heavy atom. The summed E-state index contributed by atoms with van der Waals surface area (Å²) in [4.78, 5) is 11.4. The van der Waals surface area contributed by atoms with Crippen LogP contribution in [0, 0.1) is 0 Å². The molecule has 23 heavy (non-hydrogen) atoms. The van der Waals surface area contributed by atoms with Gasteiger partial charge < -0.3 is 15.2 Å². The van der Waals surface area contributed by atoms with Gasteiger partial charge in [-0.2, -0.15) is 0 Å². The molecule has 1 aliphatic carbocycles. The van der Waals surface area contributed by atoms with E-state index in [1.54, 1.807) is 17.7 Å². The zero-order valence-electron chi connectivity index (χ0n) is 12.6. The van der Waals surface area contributed by atoms with Crippen LogP contribution in [0.4, 0.5) is 11.5 Å². The van der Waals surface area contributed by atoms with Crippen LogP contribution >= 0.6 is 11.3 Å². The molecule has 2 heterocycles. The van der Waals surface area contributed by atoms with Gasteiger partial charge in [-0.3, -0.25) is 0 Å². The third-order valence-electron chi connectivity index (χ3n) is 3.98. The molecule has 0 unspecified atom stereocenters. The second kappa shape index (κ2) is 6.14. The minimum absolute atomic E-state index is 0.0161. The van der Waals surface area contributed by atoms with Crippen molar-refractivity contribution in [3.63, 3.8) is 0 Å². The highest BCUT2D eigenvalue weighted by Crippen LogP contribution is 2.39. The van der Waals surface area contributed by atoms with Crippen LogP contribution in [-0.4, -0.2) is 28.3 Å². The number of hydrogen-bond acceptors (Lipinski definition) is 6. The predicted molar refractivity (Wildman–Crippen MR) is 91.7 cm³/mol. The number of rotatable bonds is 5. The molecular formula is C17H17N3O2S. The number of anilines is 2. The zero-order valence-corrected chi connectivity index (χ0v) is 13.4. The van der Waals surface area contributed by atoms with E-state index < -0.39 is 0 Å². The lowest BCUT2D eigenvalue weighted by Crippen LogP contribution is -2.01. The molecule has 1 aliphatic rings. The molecule has 0 amide bonds. The van der Waals surface area contributed by atoms with Gasteiger partial charge in [0.2, 0.25) is 0 Å². The molecule has 3 aromatic rings. The first kappa shape index (κ1) is 14.4. The Bertz CT molecular complexity index is 830. The Morgan fingerprint density at radius 2 is 2.04 bits per heavy atom. The fourth-order valence-electron chi connectivity index (χ4n) is 2.96. The largest absolute Gasteiger partial charge is 0.491 e. The van der Waals surface area contributed by atoms with Gasteiger partial charge in [0.15, 0.2) is 0 Å². The van der Waals surface area contributed by atoms with Gasteiger partial charge in [-0.25, -0.2) is 9.97 Å². The molecule has 0 bridgehead atoms. The highest BCUT2D eigenvalue weighted by atomic mass is 32.1. The van der Waals surface area contributed by atoms with Crippen molar-refractivity contribution < 1.29 is 9.84 Å². The maximum absolute atomic E-state index is 8.78. The van der Waals surface area contributed by atoms with Crippen LogP contribution in [0.5, 0.6) is 5.75 Å². The molecule has 0 fully saturated rings. The molecule has 0 saturated heterocycles. The highest BCUT2D eigenvalue weighted by molar-refractivity contribution is 7.19. The summed E-state index contributed by atoms with van der Waals surface area (Å²) in [5, 5.41) is 13.4. The van der Waals surface area contributed by atoms with Gasteiger partial charge in [-0.1, -0.05) is 0 Å². The number of benzene rings is 1. The minimum Gasteiger partial charge on any atom is -0.491 e. The van der Waals surface area contributed by atoms with E-state index in [0.717, 1.165) is 34.9 Å². The summed E-state index contributed by atoms with van der Waals surface area (Å²) < 4.78 is 5.38. The van der Waals surface area contributed by atoms with Crippen LogP contribution in [0.3, 0.4) is 0 Å². The number of thiophene rings is 1. The molecule has 0 radical (unpaired) electrons. The highest BCUT2D eigenvalue weighted by Gasteiger charge is 2.21. The Morgan fingerprint density at radius 1 is 1.17 bits per heavy atom. The molecule has 6 heteroatoms. The average molecular weight is 327 g/mol. The SMILES string of the molecule is OCCOc1ccc(Nc2ncnc3sc4c(c23)CCC4)cc1. The summed E-state index contributed by atoms with van der Waals surface area (Å²) in [7, 11) is 0. The molecule has 1 aromatic carbocycles. The molecule has 118 valence electrons. The Balaban J connectivity index is 1.62. The van der Waals surface area contributed by atoms with Crippen LogP contribution in [0.2, 0.25) is 0 Å². The van der Waals surface area contributed by atoms with Gasteiger partial charge >= 0.3 is 0 Å². The molecule has 5 nitrogen and oxygen atoms in total. The second-order valence-corrected chi connectivity index (χ2v) is 6.56. The van der Waals surface area contributed by atoms with Crippen LogP contribution in [-0.2, 0) is 12.8 Å². The normalized spacial score (nSPS) is 13.3. The average Bonchev–Trinajstić information content (AvgIpc) is 3.15. The summed E-state index contributed by atoms with van der Waals surface area (Å²) in [6, 6.07) is 7.67. The van der Waals surface area contributed by atoms with Gasteiger partial charge in [0.05, 0.1) is 12.0 Å². The number of nitrogens with zero attached hydrogens (tertiary/aromatic N) is 2. The molecule has 2 aromatic heterocycles. The summed E-state index contributed by atoms with van der Waals surface area (Å²) in [5.74, 6) is 1.62. The van der Waals surface area contributed by atoms with Crippen LogP contribution in [0.15, 0.2) is 30.6 Å². The van der Waals surface area contributed by atoms with Crippen molar-refractivity contribution in [1.29, 1.82) is 0 Å². The summed E-state index contributed by atoms with van der Waals surface area (Å²) in [6.07, 6.45) is 5.12. The van der Waals surface area contributed by atoms with Crippen molar-refractivity contribution in [2.75, 3.05) is 18.5 Å². The van der Waals surface area contributed by atoms with Crippen molar-refractivity contribution in [2.45, 2.75) is 19.3 Å². The first-order valence-electron chi connectivity index (χ1n) is 7.71. The van der Waals surface area contributed by atoms with E-state index in [1.807, 2.05) is 24.3 Å². The van der Waals surface area contributed by atoms with E-state index in [0.29, 0.717) is 6.61 Å². The molecule has 4 rings (SSSR count). The number of aromatic nitrogens is 2. The standard InChI is InChI=1S/C17H17N3O2S/c21-8-9-22-12-6-4-11(5-7-12)20-16-15-13-2-1-3-14(13)23-17(15)19-10-18-16/h4-7,10,21H,1-3,8-9H2,(H,18,19,20). The Kier molecular flexibility index (Phi) is 3.85. The third kappa shape index (κ3) is 2.75. The zero-order chi connectivity index (χ0) is 15.6. The molecular weight excluding hydrogens is 310 g/mol. The number of aryl methyl sites for hydroxylation is 2. The van der Waals surface area contributed by atoms with Crippen molar-refractivity contribution in [3.05, 3.63) is 41.0 Å². The van der Waals surface area contributed by atoms with Crippen LogP contribution in [0.1, 0.15) is 16.9 Å². The van der Waals surface area contributed by atoms with Gasteiger partial charge in [0.1, 0.15) is 29.3 Å². The van der Waals surface area contributed by atoms with Gasteiger partial charge in [0, 0.05) is 10.6 Å². The molecule has 0 aliphatic heterocycles. The van der Waals surface area contributed by atoms with Crippen molar-refractivity contribution in [3.8, 4) is 5.75 Å². The lowest BCUT2D eigenvalue weighted by molar-refractivity contribution is 0.201. The van der Waals surface area contributed by atoms with E-state index >= 15 is 0 Å². The van der Waals surface area contributed by atoms with E-state index in [4.69, 9.17) is 9.84 Å². The first-order chi connectivity index (χ1) is 11.3. The maximum Gasteiger partial charge on any atom is 0.142 e. The smallest absolute Gasteiger partial charge is 0.142 e. The van der Waals surface area contributed by atoms with Gasteiger partial charge in [-0.15, -0.1) is 11.3 Å². The summed E-state index contributed by atoms with van der Waals surface area (Å²) in [5.41, 5.74) is 2.37. The molecule has 0 atom stereocenters. The fourth-order valence-corrected chi connectivity index (χ4v) is 4.19. The second-order valence-electron chi connectivity index (χ2n) is 5.48. The van der Waals surface area contributed by atoms with Crippen LogP contribution in [0.25, 0.3) is 10.2 Å². The van der Waals surface area contributed by atoms with E-state index in [-0.39, 0.29) is 6.61 Å². The summed E-state index contributed by atoms with van der Waals surface area (Å²) in [6.45, 7) is 0.322. The van der Waals surface area contributed by atoms with Crippen molar-refractivity contribution in [1.82, 2.24) is 9.97 Å². The molecule has 0 spiro atoms. The number of fused-ring (bicyclic) bond motifs is 3. The lowest BCUT2D eigenvalue weighted by atomic mass is 10.2. The Hall–Kier alpha value is -2.18. The number of nitrogens with one attached hydrogen (secondary N) is 1. The monoisotopic (exact) mass is 327 g/mol. The van der Waals surface area contributed by atoms with E-state index in [9.17, 15) is 0 Å². The van der Waals surface area contributed by atoms with Crippen molar-refractivity contribution in [2.24, 2.45) is 0 Å². The fraction of sp³-hybridized carbons (Fsp3) is 0.294. The van der Waals surface area contributed by atoms with Gasteiger partial charge in [0.25, 0.3) is 0 Å². The topological polar surface area (TPSA) is 67.3 Å². The number of hydrogen-bond donors (Lipinski definition) is 2. The lowest BCUT2D eigenvalue weighted by Gasteiger charge is -2.09. The van der Waals surface area contributed by atoms with Crippen LogP contribution < -0.4 is 10.1 Å². The number of aliphatic hydroxyl groups excluding tert-OH is 1. The van der Waals surface area contributed by atoms with E-state index in [2.05, 4.69) is 15.3 Å². The molecule has 2 N–H and O–H groups in total. The van der Waals surface area contributed by atoms with E-state index in [1.165, 1.54) is 22.2 Å². The summed E-state index contributed by atoms with van der Waals surface area (Å²) >= 11 is 1.79. The Labute approximate surface area is 138 Å². The minimum atomic E-state index is 0.0161. The first-order valence-corrected chi connectivity index (χ1v) is 8.53. The van der Waals surface area contributed by atoms with Gasteiger partial charge in [-0.05, 0) is 49.1 Å². The quantitative estimate of drug-likeness (QED) is 0.752. The van der Waals surface area contributed by atoms with Crippen molar-refractivity contribution >= 4 is 33.1 Å². The number of ether oxygens (including phenoxy) is 1. The molecule has 0 saturated carbocycles. The predicted octanol–water partition coefficient (Wildman–Crippen LogP) is 3.29. The third-order valence-corrected chi connectivity index (χ3v) is 5.18. The number of aliphatic hydroxyl groups is 1. The maximum atomic E-state index is 8.78.